The van der Waals surface area contributed by atoms with Crippen molar-refractivity contribution in [1.82, 2.24) is 24.7 Å². The fourth-order valence-corrected chi connectivity index (χ4v) is 3.55. The van der Waals surface area contributed by atoms with Gasteiger partial charge in [-0.05, 0) is 37.3 Å². The molecule has 4 aromatic rings. The normalized spacial score (nSPS) is 11.3. The molecule has 0 atom stereocenters. The predicted octanol–water partition coefficient (Wildman–Crippen LogP) is 5.33. The molecule has 0 aliphatic rings. The summed E-state index contributed by atoms with van der Waals surface area (Å²) in [7, 11) is 1.14. The molecule has 3 aromatic heterocycles. The van der Waals surface area contributed by atoms with Crippen molar-refractivity contribution in [1.29, 1.82) is 0 Å². The van der Waals surface area contributed by atoms with Gasteiger partial charge in [0.1, 0.15) is 12.2 Å². The Bertz CT molecular complexity index is 1540. The molecule has 1 N–H and O–H groups in total. The highest BCUT2D eigenvalue weighted by Gasteiger charge is 2.35. The van der Waals surface area contributed by atoms with E-state index < -0.39 is 35.9 Å². The number of pyridine rings is 1. The summed E-state index contributed by atoms with van der Waals surface area (Å²) in [5.74, 6) is -2.08. The lowest BCUT2D eigenvalue weighted by Crippen LogP contribution is -2.11. The molecule has 0 saturated carbocycles. The number of carbonyl (C=O) groups excluding carboxylic acids is 2. The molecule has 0 fully saturated rings. The molecule has 1 aromatic carbocycles. The van der Waals surface area contributed by atoms with E-state index in [1.165, 1.54) is 43.7 Å². The van der Waals surface area contributed by atoms with Crippen LogP contribution in [0, 0.1) is 12.7 Å². The lowest BCUT2D eigenvalue weighted by atomic mass is 10.0. The third-order valence-electron chi connectivity index (χ3n) is 5.23. The predicted molar refractivity (Wildman–Crippen MR) is 128 cm³/mol. The maximum Gasteiger partial charge on any atom is 0.435 e. The van der Waals surface area contributed by atoms with Crippen LogP contribution in [0.4, 0.5) is 29.2 Å². The van der Waals surface area contributed by atoms with E-state index >= 15 is 0 Å². The minimum Gasteiger partial charge on any atom is -0.469 e. The highest BCUT2D eigenvalue weighted by atomic mass is 35.5. The molecule has 196 valence electrons. The Morgan fingerprint density at radius 2 is 1.89 bits per heavy atom. The van der Waals surface area contributed by atoms with Crippen molar-refractivity contribution in [2.45, 2.75) is 19.5 Å². The number of benzene rings is 1. The first kappa shape index (κ1) is 26.7. The number of ether oxygens (including phenoxy) is 1. The molecule has 0 radical (unpaired) electrons. The van der Waals surface area contributed by atoms with Gasteiger partial charge in [0.15, 0.2) is 17.3 Å². The number of esters is 1. The quantitative estimate of drug-likeness (QED) is 0.143. The van der Waals surface area contributed by atoms with Gasteiger partial charge in [0.2, 0.25) is 5.95 Å². The zero-order valence-electron chi connectivity index (χ0n) is 19.7. The minimum absolute atomic E-state index is 0.0548. The van der Waals surface area contributed by atoms with Crippen molar-refractivity contribution in [3.05, 3.63) is 76.7 Å². The van der Waals surface area contributed by atoms with Crippen LogP contribution in [0.3, 0.4) is 0 Å². The highest BCUT2D eigenvalue weighted by molar-refractivity contribution is 6.31. The van der Waals surface area contributed by atoms with Gasteiger partial charge in [-0.1, -0.05) is 11.6 Å². The Hall–Kier alpha value is -4.39. The number of rotatable bonds is 7. The number of aryl methyl sites for hydroxylation is 1. The number of Topliss-reactive ketones (excluding diaryl/α,β-unsaturated/α-hetero) is 1. The summed E-state index contributed by atoms with van der Waals surface area (Å²) in [6.07, 6.45) is -1.34. The van der Waals surface area contributed by atoms with Crippen LogP contribution in [0.5, 0.6) is 0 Å². The van der Waals surface area contributed by atoms with E-state index in [0.717, 1.165) is 23.9 Å². The van der Waals surface area contributed by atoms with E-state index in [9.17, 15) is 27.2 Å². The third-order valence-corrected chi connectivity index (χ3v) is 5.52. The first-order valence-corrected chi connectivity index (χ1v) is 11.1. The Morgan fingerprint density at radius 3 is 2.55 bits per heavy atom. The molecule has 38 heavy (non-hydrogen) atoms. The number of ketones is 1. The number of carbonyl (C=O) groups is 2. The Morgan fingerprint density at radius 1 is 1.13 bits per heavy atom. The van der Waals surface area contributed by atoms with Crippen molar-refractivity contribution < 1.29 is 31.9 Å². The van der Waals surface area contributed by atoms with E-state index in [0.29, 0.717) is 5.69 Å². The molecule has 4 rings (SSSR count). The van der Waals surface area contributed by atoms with Gasteiger partial charge in [0.05, 0.1) is 12.1 Å². The highest BCUT2D eigenvalue weighted by Crippen LogP contribution is 2.32. The van der Waals surface area contributed by atoms with Gasteiger partial charge >= 0.3 is 12.1 Å². The molecule has 0 aliphatic heterocycles. The van der Waals surface area contributed by atoms with Gasteiger partial charge in [-0.2, -0.15) is 23.3 Å². The summed E-state index contributed by atoms with van der Waals surface area (Å²) in [4.78, 5) is 36.5. The standard InChI is InChI=1S/C24H17ClF4N6O3/c1-12-5-20(24(27,28)29)34-35(12)22-16(13-6-14(10-30-9-13)19(36)8-21(37)38-2)11-31-23(33-22)32-15-3-4-18(26)17(25)7-15/h3-7,9-11H,8H2,1-2H3,(H,31,32,33). The van der Waals surface area contributed by atoms with E-state index in [1.54, 1.807) is 0 Å². The number of hydrogen-bond acceptors (Lipinski definition) is 8. The van der Waals surface area contributed by atoms with E-state index in [4.69, 9.17) is 11.6 Å². The van der Waals surface area contributed by atoms with Gasteiger partial charge in [0, 0.05) is 46.7 Å². The number of halogens is 5. The van der Waals surface area contributed by atoms with Gasteiger partial charge < -0.3 is 10.1 Å². The molecule has 3 heterocycles. The second-order valence-corrected chi connectivity index (χ2v) is 8.31. The second kappa shape index (κ2) is 10.5. The van der Waals surface area contributed by atoms with Crippen molar-refractivity contribution in [2.24, 2.45) is 0 Å². The number of alkyl halides is 3. The largest absolute Gasteiger partial charge is 0.469 e. The average molecular weight is 549 g/mol. The number of aromatic nitrogens is 5. The first-order chi connectivity index (χ1) is 18.0. The molecule has 0 unspecified atom stereocenters. The summed E-state index contributed by atoms with van der Waals surface area (Å²) in [5.41, 5.74) is -0.183. The Balaban J connectivity index is 1.82. The van der Waals surface area contributed by atoms with Crippen LogP contribution in [0.15, 0.2) is 48.9 Å². The second-order valence-electron chi connectivity index (χ2n) is 7.90. The summed E-state index contributed by atoms with van der Waals surface area (Å²) < 4.78 is 59.2. The molecular weight excluding hydrogens is 532 g/mol. The summed E-state index contributed by atoms with van der Waals surface area (Å²) in [6.45, 7) is 1.41. The fraction of sp³-hybridized carbons (Fsp3) is 0.167. The monoisotopic (exact) mass is 548 g/mol. The van der Waals surface area contributed by atoms with E-state index in [2.05, 4.69) is 30.1 Å². The molecule has 0 spiro atoms. The van der Waals surface area contributed by atoms with Crippen molar-refractivity contribution in [2.75, 3.05) is 12.4 Å². The number of anilines is 2. The van der Waals surface area contributed by atoms with E-state index in [-0.39, 0.29) is 39.2 Å². The lowest BCUT2D eigenvalue weighted by Gasteiger charge is -2.13. The number of nitrogens with zero attached hydrogens (tertiary/aromatic N) is 5. The fourth-order valence-electron chi connectivity index (χ4n) is 3.37. The van der Waals surface area contributed by atoms with Gasteiger partial charge in [0.25, 0.3) is 0 Å². The maximum absolute atomic E-state index is 13.5. The van der Waals surface area contributed by atoms with Gasteiger partial charge in [-0.25, -0.2) is 14.1 Å². The van der Waals surface area contributed by atoms with Crippen molar-refractivity contribution in [3.63, 3.8) is 0 Å². The summed E-state index contributed by atoms with van der Waals surface area (Å²) in [5, 5.41) is 6.33. The lowest BCUT2D eigenvalue weighted by molar-refractivity contribution is -0.141. The number of hydrogen-bond donors (Lipinski definition) is 1. The van der Waals surface area contributed by atoms with Crippen LogP contribution in [-0.2, 0) is 15.7 Å². The first-order valence-electron chi connectivity index (χ1n) is 10.7. The molecule has 0 aliphatic carbocycles. The van der Waals surface area contributed by atoms with Crippen LogP contribution in [-0.4, -0.2) is 43.6 Å². The minimum atomic E-state index is -4.71. The SMILES string of the molecule is COC(=O)CC(=O)c1cncc(-c2cnc(Nc3ccc(F)c(Cl)c3)nc2-n2nc(C(F)(F)F)cc2C)c1. The Kier molecular flexibility index (Phi) is 7.39. The van der Waals surface area contributed by atoms with Crippen LogP contribution < -0.4 is 5.32 Å². The number of methoxy groups -OCH3 is 1. The molecule has 0 amide bonds. The maximum atomic E-state index is 13.5. The van der Waals surface area contributed by atoms with Crippen molar-refractivity contribution >= 4 is 35.0 Å². The molecule has 0 bridgehead atoms. The van der Waals surface area contributed by atoms with Crippen LogP contribution in [0.2, 0.25) is 5.02 Å². The van der Waals surface area contributed by atoms with Gasteiger partial charge in [-0.3, -0.25) is 14.6 Å². The van der Waals surface area contributed by atoms with Crippen LogP contribution >= 0.6 is 11.6 Å². The smallest absolute Gasteiger partial charge is 0.435 e. The third kappa shape index (κ3) is 5.78. The zero-order valence-corrected chi connectivity index (χ0v) is 20.4. The molecule has 14 heteroatoms. The number of nitrogens with one attached hydrogen (secondary N) is 1. The summed E-state index contributed by atoms with van der Waals surface area (Å²) in [6, 6.07) is 6.04. The Labute approximate surface area is 217 Å². The molecule has 9 nitrogen and oxygen atoms in total. The topological polar surface area (TPSA) is 112 Å². The van der Waals surface area contributed by atoms with Crippen molar-refractivity contribution in [3.8, 4) is 16.9 Å². The zero-order chi connectivity index (χ0) is 27.6. The van der Waals surface area contributed by atoms with Crippen LogP contribution in [0.25, 0.3) is 16.9 Å². The molecule has 0 saturated heterocycles. The molecular formula is C24H17ClF4N6O3. The van der Waals surface area contributed by atoms with Crippen LogP contribution in [0.1, 0.15) is 28.2 Å². The average Bonchev–Trinajstić information content (AvgIpc) is 3.28. The van der Waals surface area contributed by atoms with Gasteiger partial charge in [-0.15, -0.1) is 0 Å². The summed E-state index contributed by atoms with van der Waals surface area (Å²) >= 11 is 5.82. The van der Waals surface area contributed by atoms with E-state index in [1.807, 2.05) is 0 Å².